The third-order valence-corrected chi connectivity index (χ3v) is 3.62. The summed E-state index contributed by atoms with van der Waals surface area (Å²) >= 11 is 0. The van der Waals surface area contributed by atoms with Gasteiger partial charge in [-0.15, -0.1) is 0 Å². The van der Waals surface area contributed by atoms with Gasteiger partial charge in [0.2, 0.25) is 0 Å². The Morgan fingerprint density at radius 1 is 1.26 bits per heavy atom. The van der Waals surface area contributed by atoms with Crippen LogP contribution >= 0.6 is 0 Å². The predicted octanol–water partition coefficient (Wildman–Crippen LogP) is 0.919. The minimum Gasteiger partial charge on any atom is -0.453 e. The molecule has 1 aliphatic rings. The van der Waals surface area contributed by atoms with Crippen LogP contribution in [-0.2, 0) is 14.3 Å². The van der Waals surface area contributed by atoms with E-state index in [-0.39, 0.29) is 12.0 Å². The lowest BCUT2D eigenvalue weighted by molar-refractivity contribution is -0.125. The molecule has 1 rings (SSSR count). The van der Waals surface area contributed by atoms with Crippen molar-refractivity contribution in [3.05, 3.63) is 0 Å². The van der Waals surface area contributed by atoms with Crippen molar-refractivity contribution < 1.29 is 29.0 Å². The molecular formula is C15H26N2O6. The van der Waals surface area contributed by atoms with Crippen LogP contribution in [-0.4, -0.2) is 66.4 Å². The number of carbonyl (C=O) groups is 3. The Morgan fingerprint density at radius 2 is 1.83 bits per heavy atom. The van der Waals surface area contributed by atoms with Gasteiger partial charge in [-0.05, 0) is 39.5 Å². The van der Waals surface area contributed by atoms with E-state index in [1.807, 2.05) is 0 Å². The van der Waals surface area contributed by atoms with E-state index in [1.165, 1.54) is 7.11 Å². The summed E-state index contributed by atoms with van der Waals surface area (Å²) in [5.41, 5.74) is -0.560. The standard InChI is InChI=1S/C15H26N2O6/c1-15(2,3)23-14(21)17-7-5-10(6-8-17)12(11(19)9-18)16-13(20)22-4/h10,12,18H,5-9H2,1-4H3,(H,16,20)/t12-/m0/s1. The maximum absolute atomic E-state index is 12.0. The molecule has 8 heteroatoms. The first-order valence-corrected chi connectivity index (χ1v) is 7.64. The number of hydrogen-bond donors (Lipinski definition) is 2. The van der Waals surface area contributed by atoms with Crippen molar-refractivity contribution in [1.82, 2.24) is 10.2 Å². The molecule has 1 fully saturated rings. The van der Waals surface area contributed by atoms with E-state index in [1.54, 1.807) is 25.7 Å². The highest BCUT2D eigenvalue weighted by Crippen LogP contribution is 2.23. The van der Waals surface area contributed by atoms with Crippen molar-refractivity contribution in [2.45, 2.75) is 45.3 Å². The molecule has 1 aliphatic heterocycles. The Bertz CT molecular complexity index is 438. The average Bonchev–Trinajstić information content (AvgIpc) is 2.50. The van der Waals surface area contributed by atoms with Crippen LogP contribution in [0.25, 0.3) is 0 Å². The summed E-state index contributed by atoms with van der Waals surface area (Å²) < 4.78 is 9.83. The second-order valence-corrected chi connectivity index (χ2v) is 6.54. The van der Waals surface area contributed by atoms with Gasteiger partial charge in [-0.2, -0.15) is 0 Å². The molecule has 132 valence electrons. The van der Waals surface area contributed by atoms with Crippen LogP contribution in [0.4, 0.5) is 9.59 Å². The van der Waals surface area contributed by atoms with Gasteiger partial charge in [-0.3, -0.25) is 4.79 Å². The normalized spacial score (nSPS) is 17.3. The first-order chi connectivity index (χ1) is 10.7. The second-order valence-electron chi connectivity index (χ2n) is 6.54. The Balaban J connectivity index is 2.62. The maximum Gasteiger partial charge on any atom is 0.410 e. The summed E-state index contributed by atoms with van der Waals surface area (Å²) in [6, 6.07) is -0.812. The topological polar surface area (TPSA) is 105 Å². The Morgan fingerprint density at radius 3 is 2.26 bits per heavy atom. The zero-order valence-electron chi connectivity index (χ0n) is 14.1. The lowest BCUT2D eigenvalue weighted by atomic mass is 9.87. The number of nitrogens with one attached hydrogen (secondary N) is 1. The van der Waals surface area contributed by atoms with Crippen LogP contribution in [0.1, 0.15) is 33.6 Å². The van der Waals surface area contributed by atoms with Gasteiger partial charge < -0.3 is 24.8 Å². The Labute approximate surface area is 136 Å². The highest BCUT2D eigenvalue weighted by Gasteiger charge is 2.34. The number of aliphatic hydroxyl groups excluding tert-OH is 1. The summed E-state index contributed by atoms with van der Waals surface area (Å²) in [7, 11) is 1.21. The molecule has 2 N–H and O–H groups in total. The fourth-order valence-electron chi connectivity index (χ4n) is 2.49. The Kier molecular flexibility index (Phi) is 6.80. The quantitative estimate of drug-likeness (QED) is 0.794. The third-order valence-electron chi connectivity index (χ3n) is 3.62. The molecule has 0 aromatic heterocycles. The first-order valence-electron chi connectivity index (χ1n) is 7.64. The molecular weight excluding hydrogens is 304 g/mol. The number of piperidine rings is 1. The number of carbonyl (C=O) groups excluding carboxylic acids is 3. The zero-order valence-corrected chi connectivity index (χ0v) is 14.1. The van der Waals surface area contributed by atoms with Crippen LogP contribution in [0.2, 0.25) is 0 Å². The molecule has 0 radical (unpaired) electrons. The van der Waals surface area contributed by atoms with E-state index < -0.39 is 30.1 Å². The average molecular weight is 330 g/mol. The van der Waals surface area contributed by atoms with Crippen LogP contribution < -0.4 is 5.32 Å². The molecule has 0 saturated carbocycles. The van der Waals surface area contributed by atoms with Gasteiger partial charge in [0.15, 0.2) is 5.78 Å². The van der Waals surface area contributed by atoms with Gasteiger partial charge >= 0.3 is 12.2 Å². The van der Waals surface area contributed by atoms with Crippen LogP contribution in [0, 0.1) is 5.92 Å². The lowest BCUT2D eigenvalue weighted by Gasteiger charge is -2.36. The largest absolute Gasteiger partial charge is 0.453 e. The number of alkyl carbamates (subject to hydrolysis) is 1. The molecule has 0 aliphatic carbocycles. The summed E-state index contributed by atoms with van der Waals surface area (Å²) in [5.74, 6) is -0.626. The molecule has 23 heavy (non-hydrogen) atoms. The van der Waals surface area contributed by atoms with E-state index >= 15 is 0 Å². The second kappa shape index (κ2) is 8.14. The monoisotopic (exact) mass is 330 g/mol. The fraction of sp³-hybridized carbons (Fsp3) is 0.800. The number of hydrogen-bond acceptors (Lipinski definition) is 6. The van der Waals surface area contributed by atoms with E-state index in [2.05, 4.69) is 10.1 Å². The number of rotatable bonds is 4. The van der Waals surface area contributed by atoms with Crippen molar-refractivity contribution in [2.24, 2.45) is 5.92 Å². The smallest absolute Gasteiger partial charge is 0.410 e. The summed E-state index contributed by atoms with van der Waals surface area (Å²) in [4.78, 5) is 36.8. The van der Waals surface area contributed by atoms with Crippen LogP contribution in [0.5, 0.6) is 0 Å². The summed E-state index contributed by atoms with van der Waals surface area (Å²) in [6.07, 6.45) is -0.0486. The summed E-state index contributed by atoms with van der Waals surface area (Å²) in [5, 5.41) is 11.5. The minimum absolute atomic E-state index is 0.160. The number of nitrogens with zero attached hydrogens (tertiary/aromatic N) is 1. The maximum atomic E-state index is 12.0. The highest BCUT2D eigenvalue weighted by molar-refractivity contribution is 5.88. The van der Waals surface area contributed by atoms with Crippen LogP contribution in [0.3, 0.4) is 0 Å². The molecule has 1 heterocycles. The summed E-state index contributed by atoms with van der Waals surface area (Å²) in [6.45, 7) is 5.60. The van der Waals surface area contributed by atoms with Gasteiger partial charge in [-0.1, -0.05) is 0 Å². The highest BCUT2D eigenvalue weighted by atomic mass is 16.6. The van der Waals surface area contributed by atoms with Crippen molar-refractivity contribution in [3.8, 4) is 0 Å². The molecule has 0 spiro atoms. The molecule has 2 amide bonds. The van der Waals surface area contributed by atoms with Gasteiger partial charge in [0, 0.05) is 13.1 Å². The third kappa shape index (κ3) is 6.05. The zero-order chi connectivity index (χ0) is 17.6. The van der Waals surface area contributed by atoms with Gasteiger partial charge in [0.1, 0.15) is 12.2 Å². The molecule has 0 unspecified atom stereocenters. The van der Waals surface area contributed by atoms with E-state index in [4.69, 9.17) is 9.84 Å². The lowest BCUT2D eigenvalue weighted by Crippen LogP contribution is -2.51. The SMILES string of the molecule is COC(=O)N[C@H](C(=O)CO)C1CCN(C(=O)OC(C)(C)C)CC1. The van der Waals surface area contributed by atoms with E-state index in [9.17, 15) is 14.4 Å². The molecule has 0 aromatic rings. The number of Topliss-reactive ketones (excluding diaryl/α,β-unsaturated/α-hetero) is 1. The van der Waals surface area contributed by atoms with Gasteiger partial charge in [-0.25, -0.2) is 9.59 Å². The number of likely N-dealkylation sites (tertiary alicyclic amines) is 1. The fourth-order valence-corrected chi connectivity index (χ4v) is 2.49. The predicted molar refractivity (Wildman–Crippen MR) is 82.0 cm³/mol. The number of amides is 2. The van der Waals surface area contributed by atoms with Crippen molar-refractivity contribution in [2.75, 3.05) is 26.8 Å². The van der Waals surface area contributed by atoms with E-state index in [0.29, 0.717) is 25.9 Å². The molecule has 1 saturated heterocycles. The number of methoxy groups -OCH3 is 1. The number of ketones is 1. The minimum atomic E-state index is -0.812. The molecule has 0 bridgehead atoms. The molecule has 8 nitrogen and oxygen atoms in total. The Hall–Kier alpha value is -1.83. The van der Waals surface area contributed by atoms with Crippen molar-refractivity contribution >= 4 is 18.0 Å². The molecule has 0 aromatic carbocycles. The number of aliphatic hydroxyl groups is 1. The van der Waals surface area contributed by atoms with Crippen molar-refractivity contribution in [3.63, 3.8) is 0 Å². The molecule has 1 atom stereocenters. The van der Waals surface area contributed by atoms with Gasteiger partial charge in [0.05, 0.1) is 13.2 Å². The number of ether oxygens (including phenoxy) is 2. The van der Waals surface area contributed by atoms with Crippen molar-refractivity contribution in [1.29, 1.82) is 0 Å². The van der Waals surface area contributed by atoms with Gasteiger partial charge in [0.25, 0.3) is 0 Å². The van der Waals surface area contributed by atoms with Crippen LogP contribution in [0.15, 0.2) is 0 Å². The first kappa shape index (κ1) is 19.2. The van der Waals surface area contributed by atoms with E-state index in [0.717, 1.165) is 0 Å².